The maximum Gasteiger partial charge on any atom is 0.258 e. The molecule has 3 heterocycles. The Bertz CT molecular complexity index is 1550. The van der Waals surface area contributed by atoms with Crippen LogP contribution in [-0.2, 0) is 36.9 Å². The van der Waals surface area contributed by atoms with Gasteiger partial charge in [-0.3, -0.25) is 9.59 Å². The molecule has 3 aliphatic heterocycles. The van der Waals surface area contributed by atoms with Crippen LogP contribution in [0.1, 0.15) is 62.2 Å². The zero-order chi connectivity index (χ0) is 28.7. The lowest BCUT2D eigenvalue weighted by atomic mass is 9.97. The fourth-order valence-electron chi connectivity index (χ4n) is 5.98. The largest absolute Gasteiger partial charge is 0.504 e. The van der Waals surface area contributed by atoms with Crippen LogP contribution in [0.25, 0.3) is 0 Å². The predicted molar refractivity (Wildman–Crippen MR) is 153 cm³/mol. The molecular weight excluding hydrogens is 542 g/mol. The zero-order valence-electron chi connectivity index (χ0n) is 22.7. The Morgan fingerprint density at radius 2 is 1.20 bits per heavy atom. The zero-order valence-corrected chi connectivity index (χ0v) is 23.5. The third kappa shape index (κ3) is 5.17. The van der Waals surface area contributed by atoms with Crippen molar-refractivity contribution < 1.29 is 29.1 Å². The number of hydrogen-bond acceptors (Lipinski definition) is 6. The van der Waals surface area contributed by atoms with E-state index in [9.17, 15) is 29.1 Å². The van der Waals surface area contributed by atoms with E-state index in [-0.39, 0.29) is 17.7 Å². The van der Waals surface area contributed by atoms with Crippen molar-refractivity contribution in [1.29, 1.82) is 0 Å². The minimum atomic E-state index is -1.27. The average Bonchev–Trinajstić information content (AvgIpc) is 3.02. The third-order valence-electron chi connectivity index (χ3n) is 8.35. The van der Waals surface area contributed by atoms with E-state index in [0.29, 0.717) is 37.4 Å². The summed E-state index contributed by atoms with van der Waals surface area (Å²) in [6.45, 7) is 2.94. The van der Waals surface area contributed by atoms with Crippen molar-refractivity contribution in [2.75, 3.05) is 26.2 Å². The second-order valence-corrected chi connectivity index (χ2v) is 12.4. The van der Waals surface area contributed by atoms with Gasteiger partial charge in [0.05, 0.1) is 16.0 Å². The number of carbonyl (C=O) groups excluding carboxylic acids is 2. The molecule has 3 N–H and O–H groups in total. The molecule has 0 aliphatic carbocycles. The first-order chi connectivity index (χ1) is 19.8. The number of amides is 2. The second-order valence-electron chi connectivity index (χ2n) is 10.9. The monoisotopic (exact) mass is 575 g/mol. The molecule has 0 spiro atoms. The maximum absolute atomic E-state index is 13.7. The molecule has 214 valence electrons. The molecule has 0 saturated carbocycles. The van der Waals surface area contributed by atoms with Crippen LogP contribution >= 0.6 is 0 Å². The van der Waals surface area contributed by atoms with Gasteiger partial charge < -0.3 is 25.1 Å². The Morgan fingerprint density at radius 3 is 1.83 bits per heavy atom. The second kappa shape index (κ2) is 11.2. The van der Waals surface area contributed by atoms with Crippen LogP contribution in [-0.4, -0.2) is 71.6 Å². The molecule has 0 radical (unpaired) electrons. The van der Waals surface area contributed by atoms with Gasteiger partial charge in [-0.05, 0) is 66.1 Å². The number of phenolic OH excluding ortho intramolecular Hbond substituents is 3. The average molecular weight is 576 g/mol. The summed E-state index contributed by atoms with van der Waals surface area (Å²) >= 11 is 0. The maximum atomic E-state index is 13.7. The van der Waals surface area contributed by atoms with Crippen LogP contribution < -0.4 is 0 Å². The van der Waals surface area contributed by atoms with E-state index in [2.05, 4.69) is 0 Å². The summed E-state index contributed by atoms with van der Waals surface area (Å²) < 4.78 is 15.2. The Labute approximate surface area is 241 Å². The fraction of sp³-hybridized carbons (Fsp3) is 0.355. The van der Waals surface area contributed by atoms with E-state index >= 15 is 0 Å². The number of phenols is 3. The van der Waals surface area contributed by atoms with Crippen molar-refractivity contribution >= 4 is 22.8 Å². The Hall–Kier alpha value is -3.89. The van der Waals surface area contributed by atoms with E-state index in [4.69, 9.17) is 0 Å². The summed E-state index contributed by atoms with van der Waals surface area (Å²) in [6, 6.07) is 14.7. The molecule has 9 nitrogen and oxygen atoms in total. The van der Waals surface area contributed by atoms with Crippen LogP contribution in [0.15, 0.2) is 53.4 Å². The molecule has 3 aliphatic rings. The molecule has 1 atom stereocenters. The van der Waals surface area contributed by atoms with Crippen molar-refractivity contribution in [2.45, 2.75) is 50.1 Å². The first-order valence-corrected chi connectivity index (χ1v) is 15.1. The number of carbonyl (C=O) groups is 2. The van der Waals surface area contributed by atoms with Crippen LogP contribution in [0.5, 0.6) is 17.2 Å². The topological polar surface area (TPSA) is 122 Å². The molecule has 3 aromatic carbocycles. The van der Waals surface area contributed by atoms with Crippen molar-refractivity contribution in [3.8, 4) is 17.2 Å². The minimum absolute atomic E-state index is 0.229. The highest BCUT2D eigenvalue weighted by Crippen LogP contribution is 2.42. The number of piperidine rings is 1. The molecule has 1 unspecified atom stereocenters. The summed E-state index contributed by atoms with van der Waals surface area (Å²) in [5.41, 5.74) is 3.60. The number of aromatic hydroxyl groups is 3. The first kappa shape index (κ1) is 27.3. The summed E-state index contributed by atoms with van der Waals surface area (Å²) in [7, 11) is -1.27. The SMILES string of the molecule is O=C(c1cc(C(=O)N2CCc3ccc(S(=O)N4CCCCC4)cc3C2)c(O)c(O)c1O)N1CCc2ccccc2C1. The fourth-order valence-corrected chi connectivity index (χ4v) is 7.29. The van der Waals surface area contributed by atoms with Crippen molar-refractivity contribution in [3.63, 3.8) is 0 Å². The Balaban J connectivity index is 1.24. The number of benzene rings is 3. The van der Waals surface area contributed by atoms with E-state index in [1.54, 1.807) is 4.90 Å². The van der Waals surface area contributed by atoms with E-state index in [1.165, 1.54) is 11.0 Å². The molecular formula is C31H33N3O6S. The van der Waals surface area contributed by atoms with Gasteiger partial charge in [-0.2, -0.15) is 0 Å². The lowest BCUT2D eigenvalue weighted by Crippen LogP contribution is -2.37. The normalized spacial score (nSPS) is 18.0. The smallest absolute Gasteiger partial charge is 0.258 e. The Kier molecular flexibility index (Phi) is 7.44. The summed E-state index contributed by atoms with van der Waals surface area (Å²) in [4.78, 5) is 30.9. The van der Waals surface area contributed by atoms with E-state index < -0.39 is 40.0 Å². The van der Waals surface area contributed by atoms with Gasteiger partial charge in [0, 0.05) is 39.3 Å². The van der Waals surface area contributed by atoms with Crippen molar-refractivity contribution in [2.24, 2.45) is 0 Å². The quantitative estimate of drug-likeness (QED) is 0.408. The van der Waals surface area contributed by atoms with Crippen LogP contribution in [0.2, 0.25) is 0 Å². The molecule has 1 fully saturated rings. The van der Waals surface area contributed by atoms with Crippen LogP contribution in [0.3, 0.4) is 0 Å². The van der Waals surface area contributed by atoms with Gasteiger partial charge in [-0.15, -0.1) is 0 Å². The van der Waals surface area contributed by atoms with E-state index in [0.717, 1.165) is 54.6 Å². The van der Waals surface area contributed by atoms with Gasteiger partial charge in [0.1, 0.15) is 11.0 Å². The highest BCUT2D eigenvalue weighted by Gasteiger charge is 2.32. The number of rotatable bonds is 4. The standard InChI is InChI=1S/C31H33N3O6S/c35-27-25(30(38)32-14-10-20-6-2-3-7-22(20)18-32)17-26(28(36)29(27)37)31(39)33-15-11-21-8-9-24(16-23(21)19-33)41(40)34-12-4-1-5-13-34/h2-3,6-9,16-17,35-37H,1,4-5,10-15,18-19H2. The molecule has 3 aromatic rings. The van der Waals surface area contributed by atoms with Gasteiger partial charge >= 0.3 is 0 Å². The molecule has 10 heteroatoms. The third-order valence-corrected chi connectivity index (χ3v) is 9.85. The lowest BCUT2D eigenvalue weighted by Gasteiger charge is -2.31. The predicted octanol–water partition coefficient (Wildman–Crippen LogP) is 3.71. The summed E-state index contributed by atoms with van der Waals surface area (Å²) in [6.07, 6.45) is 4.42. The van der Waals surface area contributed by atoms with Gasteiger partial charge in [0.2, 0.25) is 5.75 Å². The first-order valence-electron chi connectivity index (χ1n) is 14.0. The minimum Gasteiger partial charge on any atom is -0.504 e. The molecule has 0 aromatic heterocycles. The lowest BCUT2D eigenvalue weighted by molar-refractivity contribution is 0.0727. The highest BCUT2D eigenvalue weighted by atomic mass is 32.2. The molecule has 41 heavy (non-hydrogen) atoms. The van der Waals surface area contributed by atoms with Gasteiger partial charge in [-0.1, -0.05) is 36.8 Å². The van der Waals surface area contributed by atoms with Gasteiger partial charge in [-0.25, -0.2) is 8.51 Å². The van der Waals surface area contributed by atoms with E-state index in [1.807, 2.05) is 46.8 Å². The van der Waals surface area contributed by atoms with Gasteiger partial charge in [0.15, 0.2) is 11.5 Å². The summed E-state index contributed by atoms with van der Waals surface area (Å²) in [5, 5.41) is 31.8. The molecule has 6 rings (SSSR count). The van der Waals surface area contributed by atoms with Crippen LogP contribution in [0.4, 0.5) is 0 Å². The van der Waals surface area contributed by atoms with Gasteiger partial charge in [0.25, 0.3) is 11.8 Å². The Morgan fingerprint density at radius 1 is 0.634 bits per heavy atom. The number of fused-ring (bicyclic) bond motifs is 2. The number of nitrogens with zero attached hydrogens (tertiary/aromatic N) is 3. The van der Waals surface area contributed by atoms with Crippen molar-refractivity contribution in [3.05, 3.63) is 81.9 Å². The molecule has 0 bridgehead atoms. The molecule has 1 saturated heterocycles. The number of hydrogen-bond donors (Lipinski definition) is 3. The highest BCUT2D eigenvalue weighted by molar-refractivity contribution is 7.82. The molecule has 2 amide bonds. The van der Waals surface area contributed by atoms with Crippen molar-refractivity contribution in [1.82, 2.24) is 14.1 Å². The summed E-state index contributed by atoms with van der Waals surface area (Å²) in [5.74, 6) is -3.51. The van der Waals surface area contributed by atoms with Crippen LogP contribution in [0, 0.1) is 0 Å².